The first-order valence-corrected chi connectivity index (χ1v) is 8.10. The average Bonchev–Trinajstić information content (AvgIpc) is 3.16. The van der Waals surface area contributed by atoms with E-state index in [9.17, 15) is 4.79 Å². The highest BCUT2D eigenvalue weighted by molar-refractivity contribution is 5.92. The lowest BCUT2D eigenvalue weighted by molar-refractivity contribution is 0.0562. The molecule has 3 heterocycles. The molecule has 2 aromatic heterocycles. The van der Waals surface area contributed by atoms with Gasteiger partial charge in [0, 0.05) is 18.7 Å². The minimum absolute atomic E-state index is 0.0121. The fourth-order valence-corrected chi connectivity index (χ4v) is 3.25. The Hall–Kier alpha value is -2.11. The van der Waals surface area contributed by atoms with Crippen LogP contribution in [0.15, 0.2) is 22.7 Å². The van der Waals surface area contributed by atoms with Gasteiger partial charge < -0.3 is 14.3 Å². The van der Waals surface area contributed by atoms with Crippen LogP contribution in [-0.4, -0.2) is 32.5 Å². The van der Waals surface area contributed by atoms with Crippen molar-refractivity contribution in [1.82, 2.24) is 20.1 Å². The van der Waals surface area contributed by atoms with Crippen molar-refractivity contribution in [3.05, 3.63) is 35.8 Å². The molecule has 0 spiro atoms. The Morgan fingerprint density at radius 1 is 1.18 bits per heavy atom. The molecule has 2 aliphatic rings. The normalized spacial score (nSPS) is 22.5. The predicted molar refractivity (Wildman–Crippen MR) is 79.3 cm³/mol. The molecule has 1 aliphatic heterocycles. The summed E-state index contributed by atoms with van der Waals surface area (Å²) in [6, 6.07) is 3.56. The molecule has 1 atom stereocenters. The van der Waals surface area contributed by atoms with E-state index in [0.29, 0.717) is 17.5 Å². The van der Waals surface area contributed by atoms with Gasteiger partial charge in [-0.05, 0) is 44.2 Å². The van der Waals surface area contributed by atoms with Crippen LogP contribution in [-0.2, 0) is 0 Å². The first kappa shape index (κ1) is 13.5. The van der Waals surface area contributed by atoms with Crippen LogP contribution in [0.5, 0.6) is 0 Å². The van der Waals surface area contributed by atoms with Crippen LogP contribution < -0.4 is 0 Å². The van der Waals surface area contributed by atoms with E-state index in [1.807, 2.05) is 17.0 Å². The zero-order valence-corrected chi connectivity index (χ0v) is 12.5. The number of H-pyrrole nitrogens is 1. The molecule has 1 aliphatic carbocycles. The molecule has 22 heavy (non-hydrogen) atoms. The third kappa shape index (κ3) is 2.32. The largest absolute Gasteiger partial charge is 0.423 e. The Bertz CT molecular complexity index is 645. The van der Waals surface area contributed by atoms with Gasteiger partial charge in [0.2, 0.25) is 11.8 Å². The summed E-state index contributed by atoms with van der Waals surface area (Å²) in [5, 5.41) is 8.44. The minimum atomic E-state index is -0.0918. The molecule has 6 nitrogen and oxygen atoms in total. The molecule has 6 heteroatoms. The molecule has 0 aromatic carbocycles. The number of amides is 1. The number of aromatic amines is 1. The Morgan fingerprint density at radius 3 is 2.77 bits per heavy atom. The number of hydrogen-bond donors (Lipinski definition) is 1. The van der Waals surface area contributed by atoms with Crippen molar-refractivity contribution in [1.29, 1.82) is 0 Å². The second kappa shape index (κ2) is 5.59. The minimum Gasteiger partial charge on any atom is -0.423 e. The number of nitrogens with zero attached hydrogens (tertiary/aromatic N) is 3. The van der Waals surface area contributed by atoms with Crippen LogP contribution in [0.4, 0.5) is 0 Å². The van der Waals surface area contributed by atoms with E-state index >= 15 is 0 Å². The number of likely N-dealkylation sites (tertiary alicyclic amines) is 1. The van der Waals surface area contributed by atoms with Crippen molar-refractivity contribution in [3.8, 4) is 0 Å². The Balaban J connectivity index is 1.57. The molecule has 0 bridgehead atoms. The van der Waals surface area contributed by atoms with E-state index in [1.165, 1.54) is 6.42 Å². The molecule has 0 radical (unpaired) electrons. The van der Waals surface area contributed by atoms with E-state index in [-0.39, 0.29) is 11.9 Å². The first-order valence-electron chi connectivity index (χ1n) is 8.10. The summed E-state index contributed by atoms with van der Waals surface area (Å²) < 4.78 is 5.90. The van der Waals surface area contributed by atoms with E-state index in [1.54, 1.807) is 6.20 Å². The van der Waals surface area contributed by atoms with E-state index < -0.39 is 0 Å². The van der Waals surface area contributed by atoms with Gasteiger partial charge in [0.15, 0.2) is 0 Å². The zero-order valence-electron chi connectivity index (χ0n) is 12.5. The molecule has 1 saturated carbocycles. The van der Waals surface area contributed by atoms with Crippen LogP contribution in [0.2, 0.25) is 0 Å². The Labute approximate surface area is 128 Å². The predicted octanol–water partition coefficient (Wildman–Crippen LogP) is 3.03. The van der Waals surface area contributed by atoms with Crippen molar-refractivity contribution in [2.75, 3.05) is 6.54 Å². The van der Waals surface area contributed by atoms with Gasteiger partial charge in [0.25, 0.3) is 5.91 Å². The molecular weight excluding hydrogens is 280 g/mol. The van der Waals surface area contributed by atoms with Crippen molar-refractivity contribution in [2.45, 2.75) is 50.5 Å². The van der Waals surface area contributed by atoms with Crippen molar-refractivity contribution < 1.29 is 9.21 Å². The highest BCUT2D eigenvalue weighted by atomic mass is 16.4. The molecule has 2 aromatic rings. The van der Waals surface area contributed by atoms with Crippen molar-refractivity contribution in [2.24, 2.45) is 0 Å². The van der Waals surface area contributed by atoms with Gasteiger partial charge in [-0.3, -0.25) is 4.79 Å². The van der Waals surface area contributed by atoms with Crippen molar-refractivity contribution >= 4 is 5.91 Å². The molecule has 4 rings (SSSR count). The second-order valence-corrected chi connectivity index (χ2v) is 6.20. The summed E-state index contributed by atoms with van der Waals surface area (Å²) in [5.74, 6) is 1.79. The molecular formula is C16H20N4O2. The summed E-state index contributed by atoms with van der Waals surface area (Å²) in [7, 11) is 0. The number of hydrogen-bond acceptors (Lipinski definition) is 4. The van der Waals surface area contributed by atoms with Crippen LogP contribution in [0.3, 0.4) is 0 Å². The maximum atomic E-state index is 12.7. The van der Waals surface area contributed by atoms with E-state index in [4.69, 9.17) is 4.42 Å². The highest BCUT2D eigenvalue weighted by Crippen LogP contribution is 2.37. The SMILES string of the molecule is O=C(c1ccc[nH]1)N1CCCCC1c1nnc(C2CCC2)o1. The first-order chi connectivity index (χ1) is 10.8. The third-order valence-electron chi connectivity index (χ3n) is 4.79. The Kier molecular flexibility index (Phi) is 3.44. The summed E-state index contributed by atoms with van der Waals surface area (Å²) in [6.07, 6.45) is 8.28. The van der Waals surface area contributed by atoms with Gasteiger partial charge >= 0.3 is 0 Å². The Morgan fingerprint density at radius 2 is 2.05 bits per heavy atom. The van der Waals surface area contributed by atoms with Gasteiger partial charge in [-0.15, -0.1) is 10.2 Å². The van der Waals surface area contributed by atoms with Gasteiger partial charge in [-0.2, -0.15) is 0 Å². The zero-order chi connectivity index (χ0) is 14.9. The number of carbonyl (C=O) groups excluding carboxylic acids is 1. The number of piperidine rings is 1. The maximum Gasteiger partial charge on any atom is 0.270 e. The third-order valence-corrected chi connectivity index (χ3v) is 4.79. The standard InChI is InChI=1S/C16H20N4O2/c21-16(12-7-4-9-17-12)20-10-2-1-8-13(20)15-19-18-14(22-15)11-5-3-6-11/h4,7,9,11,13,17H,1-3,5-6,8,10H2. The van der Waals surface area contributed by atoms with Crippen LogP contribution in [0.25, 0.3) is 0 Å². The quantitative estimate of drug-likeness (QED) is 0.945. The average molecular weight is 300 g/mol. The van der Waals surface area contributed by atoms with Gasteiger partial charge in [0.05, 0.1) is 0 Å². The monoisotopic (exact) mass is 300 g/mol. The summed E-state index contributed by atoms with van der Waals surface area (Å²) in [5.41, 5.74) is 0.616. The molecule has 1 saturated heterocycles. The number of carbonyl (C=O) groups is 1. The summed E-state index contributed by atoms with van der Waals surface area (Å²) in [4.78, 5) is 17.5. The fraction of sp³-hybridized carbons (Fsp3) is 0.562. The number of aromatic nitrogens is 3. The lowest BCUT2D eigenvalue weighted by Crippen LogP contribution is -2.38. The molecule has 116 valence electrons. The maximum absolute atomic E-state index is 12.7. The molecule has 2 fully saturated rings. The van der Waals surface area contributed by atoms with E-state index in [0.717, 1.165) is 44.5 Å². The lowest BCUT2D eigenvalue weighted by atomic mass is 9.85. The topological polar surface area (TPSA) is 75.0 Å². The molecule has 1 unspecified atom stereocenters. The number of rotatable bonds is 3. The summed E-state index contributed by atoms with van der Waals surface area (Å²) in [6.45, 7) is 0.740. The number of nitrogens with one attached hydrogen (secondary N) is 1. The van der Waals surface area contributed by atoms with Gasteiger partial charge in [0.1, 0.15) is 11.7 Å². The van der Waals surface area contributed by atoms with Gasteiger partial charge in [-0.25, -0.2) is 0 Å². The second-order valence-electron chi connectivity index (χ2n) is 6.20. The lowest BCUT2D eigenvalue weighted by Gasteiger charge is -2.33. The molecule has 1 amide bonds. The summed E-state index contributed by atoms with van der Waals surface area (Å²) >= 11 is 0. The highest BCUT2D eigenvalue weighted by Gasteiger charge is 2.34. The van der Waals surface area contributed by atoms with Crippen molar-refractivity contribution in [3.63, 3.8) is 0 Å². The van der Waals surface area contributed by atoms with E-state index in [2.05, 4.69) is 15.2 Å². The fourth-order valence-electron chi connectivity index (χ4n) is 3.25. The smallest absolute Gasteiger partial charge is 0.270 e. The van der Waals surface area contributed by atoms with Crippen LogP contribution in [0.1, 0.15) is 72.8 Å². The van der Waals surface area contributed by atoms with Crippen LogP contribution >= 0.6 is 0 Å². The van der Waals surface area contributed by atoms with Crippen LogP contribution in [0, 0.1) is 0 Å². The van der Waals surface area contributed by atoms with Gasteiger partial charge in [-0.1, -0.05) is 6.42 Å². The molecule has 1 N–H and O–H groups in total.